The first kappa shape index (κ1) is 12.9. The molecule has 0 aliphatic heterocycles. The molecule has 8 heteroatoms. The second-order valence-electron chi connectivity index (χ2n) is 2.33. The fraction of sp³-hybridized carbons (Fsp3) is 0.167. The van der Waals surface area contributed by atoms with E-state index < -0.39 is 24.3 Å². The van der Waals surface area contributed by atoms with E-state index in [2.05, 4.69) is 4.98 Å². The van der Waals surface area contributed by atoms with Crippen molar-refractivity contribution in [3.63, 3.8) is 0 Å². The smallest absolute Gasteiger partial charge is 0.423 e. The molecule has 0 spiro atoms. The van der Waals surface area contributed by atoms with Crippen LogP contribution in [0.4, 0.5) is 13.2 Å². The zero-order valence-electron chi connectivity index (χ0n) is 6.78. The van der Waals surface area contributed by atoms with Crippen molar-refractivity contribution in [2.45, 2.75) is 6.18 Å². The van der Waals surface area contributed by atoms with E-state index in [0.29, 0.717) is 6.07 Å². The van der Waals surface area contributed by atoms with Crippen LogP contribution >= 0.6 is 0 Å². The summed E-state index contributed by atoms with van der Waals surface area (Å²) >= 11 is 0. The molecule has 78 valence electrons. The number of nitrogens with zero attached hydrogens (tertiary/aromatic N) is 1. The molecule has 14 heavy (non-hydrogen) atoms. The van der Waals surface area contributed by atoms with Crippen LogP contribution in [0.5, 0.6) is 0 Å². The zero-order chi connectivity index (χ0) is 10.1. The summed E-state index contributed by atoms with van der Waals surface area (Å²) in [4.78, 5) is 3.36. The summed E-state index contributed by atoms with van der Waals surface area (Å²) in [5.41, 5.74) is -1.73. The Kier molecular flexibility index (Phi) is 4.05. The van der Waals surface area contributed by atoms with Gasteiger partial charge in [0.25, 0.3) is 0 Å². The van der Waals surface area contributed by atoms with E-state index in [1.54, 1.807) is 0 Å². The number of hydrogen-bond acceptors (Lipinski definition) is 3. The van der Waals surface area contributed by atoms with Crippen LogP contribution in [-0.2, 0) is 6.18 Å². The molecule has 0 unspecified atom stereocenters. The molecule has 0 saturated heterocycles. The molecule has 0 saturated carbocycles. The molecule has 1 rings (SSSR count). The normalized spacial score (nSPS) is 10.6. The molecule has 0 fully saturated rings. The van der Waals surface area contributed by atoms with E-state index in [4.69, 9.17) is 10.0 Å². The summed E-state index contributed by atoms with van der Waals surface area (Å²) in [6, 6.07) is 0.689. The lowest BCUT2D eigenvalue weighted by molar-refractivity contribution is -0.136. The van der Waals surface area contributed by atoms with Gasteiger partial charge in [0, 0.05) is 17.9 Å². The summed E-state index contributed by atoms with van der Waals surface area (Å²) in [6.07, 6.45) is -2.88. The van der Waals surface area contributed by atoms with Crippen LogP contribution in [0, 0.1) is 0 Å². The average Bonchev–Trinajstić information content (AvgIpc) is 2.03. The number of halogens is 3. The lowest BCUT2D eigenvalue weighted by atomic mass is 9.78. The van der Waals surface area contributed by atoms with Crippen molar-refractivity contribution in [2.24, 2.45) is 0 Å². The van der Waals surface area contributed by atoms with Crippen molar-refractivity contribution in [2.75, 3.05) is 0 Å². The van der Waals surface area contributed by atoms with Gasteiger partial charge in [0.05, 0.1) is 5.56 Å². The van der Waals surface area contributed by atoms with Gasteiger partial charge in [0.2, 0.25) is 0 Å². The molecule has 0 amide bonds. The van der Waals surface area contributed by atoms with E-state index in [-0.39, 0.29) is 5.48 Å². The maximum absolute atomic E-state index is 12.2. The molecular weight excluding hydrogens is 202 g/mol. The van der Waals surface area contributed by atoms with Crippen LogP contribution in [0.3, 0.4) is 0 Å². The SMILES string of the molecule is O.OB(O)c1cnccc1C(F)(F)F. The third kappa shape index (κ3) is 2.69. The maximum atomic E-state index is 12.2. The molecule has 4 N–H and O–H groups in total. The summed E-state index contributed by atoms with van der Waals surface area (Å²) in [7, 11) is -2.16. The van der Waals surface area contributed by atoms with Crippen LogP contribution in [0.15, 0.2) is 18.5 Å². The van der Waals surface area contributed by atoms with Gasteiger partial charge in [0.15, 0.2) is 0 Å². The monoisotopic (exact) mass is 209 g/mol. The van der Waals surface area contributed by atoms with Crippen molar-refractivity contribution < 1.29 is 28.7 Å². The third-order valence-corrected chi connectivity index (χ3v) is 1.44. The molecule has 1 aromatic rings. The minimum atomic E-state index is -4.60. The highest BCUT2D eigenvalue weighted by Crippen LogP contribution is 2.27. The Morgan fingerprint density at radius 2 is 1.86 bits per heavy atom. The van der Waals surface area contributed by atoms with Crippen LogP contribution in [0.25, 0.3) is 0 Å². The molecule has 0 aliphatic carbocycles. The maximum Gasteiger partial charge on any atom is 0.490 e. The van der Waals surface area contributed by atoms with E-state index in [9.17, 15) is 13.2 Å². The van der Waals surface area contributed by atoms with Crippen LogP contribution in [0.2, 0.25) is 0 Å². The van der Waals surface area contributed by atoms with Gasteiger partial charge in [-0.2, -0.15) is 13.2 Å². The standard InChI is InChI=1S/C6H5BF3NO2.H2O/c8-6(9,10)4-1-2-11-3-5(4)7(12)13;/h1-3,12-13H;1H2. The van der Waals surface area contributed by atoms with Crippen LogP contribution < -0.4 is 5.46 Å². The summed E-state index contributed by atoms with van der Waals surface area (Å²) < 4.78 is 36.5. The van der Waals surface area contributed by atoms with Gasteiger partial charge in [0.1, 0.15) is 0 Å². The highest BCUT2D eigenvalue weighted by molar-refractivity contribution is 6.59. The van der Waals surface area contributed by atoms with Gasteiger partial charge in [-0.05, 0) is 6.07 Å². The second kappa shape index (κ2) is 4.40. The predicted octanol–water partition coefficient (Wildman–Crippen LogP) is -1.04. The minimum Gasteiger partial charge on any atom is -0.423 e. The molecule has 0 aliphatic rings. The van der Waals surface area contributed by atoms with Gasteiger partial charge in [-0.3, -0.25) is 4.98 Å². The average molecular weight is 209 g/mol. The Bertz CT molecular complexity index is 305. The number of aromatic nitrogens is 1. The number of alkyl halides is 3. The van der Waals surface area contributed by atoms with Crippen molar-refractivity contribution in [3.8, 4) is 0 Å². The molecule has 1 heterocycles. The molecular formula is C6H7BF3NO3. The fourth-order valence-corrected chi connectivity index (χ4v) is 0.871. The Balaban J connectivity index is 0.00000169. The Hall–Kier alpha value is -1.12. The number of rotatable bonds is 1. The highest BCUT2D eigenvalue weighted by Gasteiger charge is 2.35. The lowest BCUT2D eigenvalue weighted by Crippen LogP contribution is -2.36. The summed E-state index contributed by atoms with van der Waals surface area (Å²) in [5, 5.41) is 17.2. The first-order chi connectivity index (χ1) is 5.93. The number of hydrogen-bond donors (Lipinski definition) is 2. The minimum absolute atomic E-state index is 0. The van der Waals surface area contributed by atoms with Crippen molar-refractivity contribution in [1.29, 1.82) is 0 Å². The van der Waals surface area contributed by atoms with E-state index in [1.165, 1.54) is 0 Å². The van der Waals surface area contributed by atoms with E-state index >= 15 is 0 Å². The quantitative estimate of drug-likeness (QED) is 0.579. The number of pyridine rings is 1. The Labute approximate surface area is 77.5 Å². The van der Waals surface area contributed by atoms with Gasteiger partial charge < -0.3 is 15.5 Å². The van der Waals surface area contributed by atoms with Gasteiger partial charge in [-0.25, -0.2) is 0 Å². The van der Waals surface area contributed by atoms with Crippen molar-refractivity contribution >= 4 is 12.6 Å². The molecule has 0 aromatic carbocycles. The topological polar surface area (TPSA) is 84.9 Å². The summed E-state index contributed by atoms with van der Waals surface area (Å²) in [5.74, 6) is 0. The molecule has 1 aromatic heterocycles. The van der Waals surface area contributed by atoms with Gasteiger partial charge >= 0.3 is 13.3 Å². The Morgan fingerprint density at radius 1 is 1.29 bits per heavy atom. The summed E-state index contributed by atoms with van der Waals surface area (Å²) in [6.45, 7) is 0. The first-order valence-electron chi connectivity index (χ1n) is 3.30. The third-order valence-electron chi connectivity index (χ3n) is 1.44. The van der Waals surface area contributed by atoms with E-state index in [1.807, 2.05) is 0 Å². The van der Waals surface area contributed by atoms with Crippen molar-refractivity contribution in [3.05, 3.63) is 24.0 Å². The predicted molar refractivity (Wildman–Crippen MR) is 42.7 cm³/mol. The van der Waals surface area contributed by atoms with Gasteiger partial charge in [-0.1, -0.05) is 0 Å². The van der Waals surface area contributed by atoms with Crippen LogP contribution in [-0.4, -0.2) is 27.6 Å². The second-order valence-corrected chi connectivity index (χ2v) is 2.33. The zero-order valence-corrected chi connectivity index (χ0v) is 6.78. The van der Waals surface area contributed by atoms with E-state index in [0.717, 1.165) is 12.4 Å². The molecule has 0 bridgehead atoms. The first-order valence-corrected chi connectivity index (χ1v) is 3.30. The molecule has 4 nitrogen and oxygen atoms in total. The van der Waals surface area contributed by atoms with Crippen LogP contribution in [0.1, 0.15) is 5.56 Å². The highest BCUT2D eigenvalue weighted by atomic mass is 19.4. The van der Waals surface area contributed by atoms with Gasteiger partial charge in [-0.15, -0.1) is 0 Å². The largest absolute Gasteiger partial charge is 0.490 e. The fourth-order valence-electron chi connectivity index (χ4n) is 0.871. The lowest BCUT2D eigenvalue weighted by Gasteiger charge is -2.10. The molecule has 0 radical (unpaired) electrons. The molecule has 0 atom stereocenters. The van der Waals surface area contributed by atoms with Crippen molar-refractivity contribution in [1.82, 2.24) is 4.98 Å². The Morgan fingerprint density at radius 3 is 2.21 bits per heavy atom.